The number of carbonyl (C=O) groups is 2. The molecular weight excluding hydrogens is 342 g/mol. The zero-order valence-corrected chi connectivity index (χ0v) is 16.4. The lowest BCUT2D eigenvalue weighted by Gasteiger charge is -2.03. The van der Waals surface area contributed by atoms with Gasteiger partial charge in [-0.25, -0.2) is 9.59 Å². The van der Waals surface area contributed by atoms with E-state index < -0.39 is 0 Å². The molecule has 0 heterocycles. The number of rotatable bonds is 7. The molecule has 0 aliphatic rings. The van der Waals surface area contributed by atoms with E-state index in [9.17, 15) is 9.59 Å². The third kappa shape index (κ3) is 8.40. The molecule has 5 heteroatoms. The number of nitrogens with two attached hydrogens (primary N) is 1. The molecule has 146 valence electrons. The average molecular weight is 371 g/mol. The molecule has 0 amide bonds. The van der Waals surface area contributed by atoms with E-state index in [-0.39, 0.29) is 11.9 Å². The Kier molecular flexibility index (Phi) is 10.3. The number of unbranched alkanes of at least 4 members (excludes halogenated alkanes) is 1. The lowest BCUT2D eigenvalue weighted by molar-refractivity contribution is 0.0516. The van der Waals surface area contributed by atoms with Crippen LogP contribution in [0.3, 0.4) is 0 Å². The molecule has 2 aromatic rings. The molecule has 27 heavy (non-hydrogen) atoms. The van der Waals surface area contributed by atoms with E-state index in [0.29, 0.717) is 30.0 Å². The summed E-state index contributed by atoms with van der Waals surface area (Å²) in [7, 11) is 0. The summed E-state index contributed by atoms with van der Waals surface area (Å²) in [4.78, 5) is 22.4. The van der Waals surface area contributed by atoms with Crippen LogP contribution in [0.2, 0.25) is 0 Å². The van der Waals surface area contributed by atoms with Gasteiger partial charge in [0.2, 0.25) is 0 Å². The second-order valence-electron chi connectivity index (χ2n) is 5.86. The highest BCUT2D eigenvalue weighted by Gasteiger charge is 2.05. The highest BCUT2D eigenvalue weighted by atomic mass is 16.5. The molecule has 0 aliphatic heterocycles. The van der Waals surface area contributed by atoms with Gasteiger partial charge in [-0.2, -0.15) is 0 Å². The van der Waals surface area contributed by atoms with Crippen molar-refractivity contribution >= 4 is 17.6 Å². The number of esters is 2. The van der Waals surface area contributed by atoms with Crippen molar-refractivity contribution < 1.29 is 19.1 Å². The van der Waals surface area contributed by atoms with Gasteiger partial charge in [0.05, 0.1) is 24.3 Å². The molecule has 0 saturated carbocycles. The van der Waals surface area contributed by atoms with E-state index in [2.05, 4.69) is 6.92 Å². The van der Waals surface area contributed by atoms with Crippen molar-refractivity contribution in [2.75, 3.05) is 18.9 Å². The zero-order chi connectivity index (χ0) is 20.1. The zero-order valence-electron chi connectivity index (χ0n) is 16.4. The van der Waals surface area contributed by atoms with Crippen molar-refractivity contribution in [2.24, 2.45) is 0 Å². The Labute approximate surface area is 161 Å². The molecule has 0 atom stereocenters. The summed E-state index contributed by atoms with van der Waals surface area (Å²) in [5.41, 5.74) is 8.54. The Morgan fingerprint density at radius 1 is 0.778 bits per heavy atom. The molecule has 2 rings (SSSR count). The Bertz CT molecular complexity index is 693. The first-order chi connectivity index (χ1) is 13.0. The Morgan fingerprint density at radius 3 is 1.63 bits per heavy atom. The van der Waals surface area contributed by atoms with Crippen molar-refractivity contribution in [3.63, 3.8) is 0 Å². The Balaban J connectivity index is 0.000000277. The second-order valence-corrected chi connectivity index (χ2v) is 5.86. The summed E-state index contributed by atoms with van der Waals surface area (Å²) in [5, 5.41) is 0. The van der Waals surface area contributed by atoms with Crippen LogP contribution < -0.4 is 5.73 Å². The van der Waals surface area contributed by atoms with Crippen LogP contribution in [-0.4, -0.2) is 25.2 Å². The topological polar surface area (TPSA) is 78.6 Å². The van der Waals surface area contributed by atoms with Crippen molar-refractivity contribution in [3.05, 3.63) is 65.2 Å². The first-order valence-corrected chi connectivity index (χ1v) is 9.30. The predicted molar refractivity (Wildman–Crippen MR) is 108 cm³/mol. The maximum Gasteiger partial charge on any atom is 0.338 e. The van der Waals surface area contributed by atoms with Gasteiger partial charge in [0, 0.05) is 5.69 Å². The number of hydrogen-bond acceptors (Lipinski definition) is 5. The Morgan fingerprint density at radius 2 is 1.22 bits per heavy atom. The fourth-order valence-electron chi connectivity index (χ4n) is 2.24. The highest BCUT2D eigenvalue weighted by Crippen LogP contribution is 2.09. The largest absolute Gasteiger partial charge is 0.462 e. The fraction of sp³-hybridized carbons (Fsp3) is 0.364. The molecule has 0 saturated heterocycles. The van der Waals surface area contributed by atoms with Gasteiger partial charge >= 0.3 is 11.9 Å². The number of nitrogen functional groups attached to an aromatic ring is 1. The molecule has 0 radical (unpaired) electrons. The molecule has 0 aliphatic carbocycles. The summed E-state index contributed by atoms with van der Waals surface area (Å²) in [5.74, 6) is -0.544. The third-order valence-corrected chi connectivity index (χ3v) is 3.71. The summed E-state index contributed by atoms with van der Waals surface area (Å²) < 4.78 is 9.70. The van der Waals surface area contributed by atoms with E-state index in [4.69, 9.17) is 15.2 Å². The minimum atomic E-state index is -0.308. The van der Waals surface area contributed by atoms with Gasteiger partial charge in [-0.05, 0) is 68.7 Å². The summed E-state index contributed by atoms with van der Waals surface area (Å²) in [6, 6.07) is 14.3. The lowest BCUT2D eigenvalue weighted by atomic mass is 10.1. The van der Waals surface area contributed by atoms with Crippen LogP contribution in [0, 0.1) is 0 Å². The molecule has 5 nitrogen and oxygen atoms in total. The fourth-order valence-corrected chi connectivity index (χ4v) is 2.24. The number of hydrogen-bond donors (Lipinski definition) is 1. The van der Waals surface area contributed by atoms with Crippen LogP contribution >= 0.6 is 0 Å². The van der Waals surface area contributed by atoms with Crippen molar-refractivity contribution in [1.82, 2.24) is 0 Å². The molecule has 2 aromatic carbocycles. The van der Waals surface area contributed by atoms with E-state index in [1.165, 1.54) is 18.4 Å². The summed E-state index contributed by atoms with van der Waals surface area (Å²) >= 11 is 0. The first-order valence-electron chi connectivity index (χ1n) is 9.30. The number of benzene rings is 2. The maximum atomic E-state index is 11.3. The molecule has 0 fully saturated rings. The summed E-state index contributed by atoms with van der Waals surface area (Å²) in [6.07, 6.45) is 3.47. The summed E-state index contributed by atoms with van der Waals surface area (Å²) in [6.45, 7) is 6.58. The molecule has 0 bridgehead atoms. The average Bonchev–Trinajstić information content (AvgIpc) is 2.68. The monoisotopic (exact) mass is 371 g/mol. The molecule has 2 N–H and O–H groups in total. The van der Waals surface area contributed by atoms with Crippen LogP contribution in [0.1, 0.15) is 59.9 Å². The van der Waals surface area contributed by atoms with Crippen LogP contribution in [-0.2, 0) is 15.9 Å². The smallest absolute Gasteiger partial charge is 0.338 e. The van der Waals surface area contributed by atoms with E-state index in [0.717, 1.165) is 6.42 Å². The Hall–Kier alpha value is -2.82. The number of carbonyl (C=O) groups excluding carboxylic acids is 2. The SMILES string of the molecule is CCCCc1ccc(C(=O)OCC)cc1.CCOC(=O)c1ccc(N)cc1. The van der Waals surface area contributed by atoms with Crippen LogP contribution in [0.5, 0.6) is 0 Å². The normalized spacial score (nSPS) is 9.74. The van der Waals surface area contributed by atoms with Crippen LogP contribution in [0.4, 0.5) is 5.69 Å². The molecule has 0 unspecified atom stereocenters. The van der Waals surface area contributed by atoms with Crippen molar-refractivity contribution in [3.8, 4) is 0 Å². The molecule has 0 spiro atoms. The van der Waals surface area contributed by atoms with Crippen molar-refractivity contribution in [2.45, 2.75) is 40.0 Å². The maximum absolute atomic E-state index is 11.3. The number of aryl methyl sites for hydroxylation is 1. The second kappa shape index (κ2) is 12.5. The van der Waals surface area contributed by atoms with Gasteiger partial charge in [-0.15, -0.1) is 0 Å². The van der Waals surface area contributed by atoms with Crippen LogP contribution in [0.25, 0.3) is 0 Å². The number of anilines is 1. The molecule has 0 aromatic heterocycles. The minimum absolute atomic E-state index is 0.237. The van der Waals surface area contributed by atoms with Gasteiger partial charge < -0.3 is 15.2 Å². The van der Waals surface area contributed by atoms with Gasteiger partial charge in [-0.1, -0.05) is 25.5 Å². The third-order valence-electron chi connectivity index (χ3n) is 3.71. The first kappa shape index (κ1) is 22.2. The van der Waals surface area contributed by atoms with Gasteiger partial charge in [0.15, 0.2) is 0 Å². The van der Waals surface area contributed by atoms with E-state index in [1.807, 2.05) is 31.2 Å². The van der Waals surface area contributed by atoms with Gasteiger partial charge in [0.25, 0.3) is 0 Å². The van der Waals surface area contributed by atoms with Gasteiger partial charge in [0.1, 0.15) is 0 Å². The standard InChI is InChI=1S/C13H18O2.C9H11NO2/c1-3-5-6-11-7-9-12(10-8-11)13(14)15-4-2;1-2-12-9(11)7-3-5-8(10)6-4-7/h7-10H,3-6H2,1-2H3;3-6H,2,10H2,1H3. The lowest BCUT2D eigenvalue weighted by Crippen LogP contribution is -2.04. The van der Waals surface area contributed by atoms with Crippen molar-refractivity contribution in [1.29, 1.82) is 0 Å². The van der Waals surface area contributed by atoms with E-state index >= 15 is 0 Å². The van der Waals surface area contributed by atoms with Gasteiger partial charge in [-0.3, -0.25) is 0 Å². The van der Waals surface area contributed by atoms with E-state index in [1.54, 1.807) is 31.2 Å². The molecular formula is C22H29NO4. The highest BCUT2D eigenvalue weighted by molar-refractivity contribution is 5.90. The van der Waals surface area contributed by atoms with Crippen LogP contribution in [0.15, 0.2) is 48.5 Å². The number of ether oxygens (including phenoxy) is 2. The quantitative estimate of drug-likeness (QED) is 0.566. The predicted octanol–water partition coefficient (Wildman–Crippen LogP) is 4.65. The minimum Gasteiger partial charge on any atom is -0.462 e.